The lowest BCUT2D eigenvalue weighted by molar-refractivity contribution is -0.384. The van der Waals surface area contributed by atoms with E-state index in [1.807, 2.05) is 12.1 Å². The van der Waals surface area contributed by atoms with Crippen molar-refractivity contribution in [2.24, 2.45) is 0 Å². The molecule has 0 unspecified atom stereocenters. The van der Waals surface area contributed by atoms with E-state index < -0.39 is 4.92 Å². The second-order valence-corrected chi connectivity index (χ2v) is 8.20. The van der Waals surface area contributed by atoms with Gasteiger partial charge >= 0.3 is 0 Å². The molecule has 32 heavy (non-hydrogen) atoms. The molecule has 0 spiro atoms. The zero-order valence-electron chi connectivity index (χ0n) is 17.8. The number of hydrogen-bond donors (Lipinski definition) is 0. The maximum absolute atomic E-state index is 12.8. The molecular formula is C23H22ClN5O3. The van der Waals surface area contributed by atoms with E-state index in [0.29, 0.717) is 26.2 Å². The predicted molar refractivity (Wildman–Crippen MR) is 123 cm³/mol. The lowest BCUT2D eigenvalue weighted by Crippen LogP contribution is -2.49. The Bertz CT molecular complexity index is 1170. The van der Waals surface area contributed by atoms with Crippen molar-refractivity contribution in [2.45, 2.75) is 13.8 Å². The summed E-state index contributed by atoms with van der Waals surface area (Å²) in [5.41, 5.74) is 4.38. The largest absolute Gasteiger partial charge is 0.352 e. The van der Waals surface area contributed by atoms with Crippen LogP contribution in [0.4, 0.5) is 11.5 Å². The number of nitro groups is 1. The molecule has 1 aliphatic heterocycles. The molecule has 2 aromatic carbocycles. The molecule has 1 aliphatic rings. The maximum atomic E-state index is 12.8. The highest BCUT2D eigenvalue weighted by Crippen LogP contribution is 2.26. The Hall–Kier alpha value is -3.52. The molecule has 164 valence electrons. The quantitative estimate of drug-likeness (QED) is 0.434. The fourth-order valence-electron chi connectivity index (χ4n) is 3.84. The Balaban J connectivity index is 1.41. The first-order valence-corrected chi connectivity index (χ1v) is 10.6. The molecule has 1 aromatic heterocycles. The van der Waals surface area contributed by atoms with Crippen LogP contribution in [0.1, 0.15) is 21.5 Å². The number of aryl methyl sites for hydroxylation is 2. The summed E-state index contributed by atoms with van der Waals surface area (Å²) in [6.45, 7) is 6.32. The van der Waals surface area contributed by atoms with E-state index in [0.717, 1.165) is 22.6 Å². The number of benzene rings is 2. The van der Waals surface area contributed by atoms with Crippen molar-refractivity contribution >= 4 is 29.0 Å². The van der Waals surface area contributed by atoms with Gasteiger partial charge in [0.05, 0.1) is 21.2 Å². The molecular weight excluding hydrogens is 430 g/mol. The lowest BCUT2D eigenvalue weighted by Gasteiger charge is -2.35. The zero-order chi connectivity index (χ0) is 22.8. The molecule has 3 aromatic rings. The monoisotopic (exact) mass is 451 g/mol. The van der Waals surface area contributed by atoms with Crippen LogP contribution in [-0.2, 0) is 0 Å². The Morgan fingerprint density at radius 2 is 1.75 bits per heavy atom. The number of nitro benzene ring substituents is 1. The summed E-state index contributed by atoms with van der Waals surface area (Å²) >= 11 is 6.12. The Labute approximate surface area is 190 Å². The van der Waals surface area contributed by atoms with E-state index in [9.17, 15) is 14.9 Å². The summed E-state index contributed by atoms with van der Waals surface area (Å²) in [5, 5.41) is 19.8. The van der Waals surface area contributed by atoms with E-state index in [2.05, 4.69) is 47.1 Å². The molecule has 0 N–H and O–H groups in total. The van der Waals surface area contributed by atoms with Crippen molar-refractivity contribution in [3.05, 3.63) is 80.4 Å². The van der Waals surface area contributed by atoms with E-state index in [1.54, 1.807) is 4.90 Å². The normalized spacial score (nSPS) is 13.8. The highest BCUT2D eigenvalue weighted by atomic mass is 35.5. The molecule has 0 saturated carbocycles. The molecule has 1 amide bonds. The van der Waals surface area contributed by atoms with Crippen molar-refractivity contribution in [3.8, 4) is 11.3 Å². The smallest absolute Gasteiger partial charge is 0.270 e. The number of halogens is 1. The summed E-state index contributed by atoms with van der Waals surface area (Å²) in [6, 6.07) is 14.1. The van der Waals surface area contributed by atoms with Crippen LogP contribution in [0, 0.1) is 24.0 Å². The molecule has 8 nitrogen and oxygen atoms in total. The summed E-state index contributed by atoms with van der Waals surface area (Å²) in [7, 11) is 0. The average molecular weight is 452 g/mol. The van der Waals surface area contributed by atoms with Crippen LogP contribution in [0.3, 0.4) is 0 Å². The molecule has 9 heteroatoms. The van der Waals surface area contributed by atoms with Crippen LogP contribution in [-0.4, -0.2) is 52.1 Å². The molecule has 0 radical (unpaired) electrons. The number of non-ortho nitro benzene ring substituents is 1. The first-order chi connectivity index (χ1) is 15.3. The number of piperazine rings is 1. The molecule has 4 rings (SSSR count). The number of carbonyl (C=O) groups is 1. The molecule has 0 bridgehead atoms. The third kappa shape index (κ3) is 4.40. The first-order valence-electron chi connectivity index (χ1n) is 10.2. The summed E-state index contributed by atoms with van der Waals surface area (Å²) < 4.78 is 0. The van der Waals surface area contributed by atoms with Crippen LogP contribution in [0.2, 0.25) is 5.02 Å². The molecule has 0 atom stereocenters. The van der Waals surface area contributed by atoms with Crippen molar-refractivity contribution in [3.63, 3.8) is 0 Å². The Morgan fingerprint density at radius 3 is 2.34 bits per heavy atom. The number of anilines is 1. The highest BCUT2D eigenvalue weighted by Gasteiger charge is 2.25. The van der Waals surface area contributed by atoms with Gasteiger partial charge in [0.15, 0.2) is 5.82 Å². The molecule has 2 heterocycles. The van der Waals surface area contributed by atoms with Crippen molar-refractivity contribution in [1.82, 2.24) is 15.1 Å². The van der Waals surface area contributed by atoms with Gasteiger partial charge in [0.1, 0.15) is 0 Å². The van der Waals surface area contributed by atoms with Crippen molar-refractivity contribution in [1.29, 1.82) is 0 Å². The third-order valence-corrected chi connectivity index (χ3v) is 5.91. The standard InChI is InChI=1S/C23H22ClN5O3/c1-15-3-5-18(16(2)13-15)21-7-8-22(26-25-21)27-9-11-28(12-10-27)23(30)19-6-4-17(29(31)32)14-20(19)24/h3-8,13-14H,9-12H2,1-2H3. The summed E-state index contributed by atoms with van der Waals surface area (Å²) in [5.74, 6) is 0.528. The Kier molecular flexibility index (Phi) is 6.05. The first kappa shape index (κ1) is 21.7. The van der Waals surface area contributed by atoms with Crippen molar-refractivity contribution < 1.29 is 9.72 Å². The van der Waals surface area contributed by atoms with Crippen LogP contribution in [0.25, 0.3) is 11.3 Å². The number of rotatable bonds is 4. The van der Waals surface area contributed by atoms with Gasteiger partial charge < -0.3 is 9.80 Å². The predicted octanol–water partition coefficient (Wildman–Crippen LogP) is 4.28. The van der Waals surface area contributed by atoms with E-state index in [4.69, 9.17) is 11.6 Å². The van der Waals surface area contributed by atoms with Gasteiger partial charge in [-0.1, -0.05) is 35.4 Å². The fraction of sp³-hybridized carbons (Fsp3) is 0.261. The minimum absolute atomic E-state index is 0.0829. The minimum atomic E-state index is -0.536. The van der Waals surface area contributed by atoms with Crippen LogP contribution < -0.4 is 4.90 Å². The Morgan fingerprint density at radius 1 is 1.00 bits per heavy atom. The van der Waals surface area contributed by atoms with E-state index in [-0.39, 0.29) is 22.2 Å². The van der Waals surface area contributed by atoms with Crippen molar-refractivity contribution in [2.75, 3.05) is 31.1 Å². The van der Waals surface area contributed by atoms with E-state index in [1.165, 1.54) is 23.8 Å². The number of hydrogen-bond acceptors (Lipinski definition) is 6. The average Bonchev–Trinajstić information content (AvgIpc) is 2.79. The summed E-state index contributed by atoms with van der Waals surface area (Å²) in [6.07, 6.45) is 0. The number of nitrogens with zero attached hydrogens (tertiary/aromatic N) is 5. The molecule has 1 saturated heterocycles. The maximum Gasteiger partial charge on any atom is 0.270 e. The number of amides is 1. The van der Waals surface area contributed by atoms with Crippen LogP contribution >= 0.6 is 11.6 Å². The van der Waals surface area contributed by atoms with Crippen LogP contribution in [0.5, 0.6) is 0 Å². The van der Waals surface area contributed by atoms with Gasteiger partial charge in [-0.2, -0.15) is 0 Å². The van der Waals surface area contributed by atoms with Gasteiger partial charge in [0.2, 0.25) is 0 Å². The third-order valence-electron chi connectivity index (χ3n) is 5.59. The second kappa shape index (κ2) is 8.92. The lowest BCUT2D eigenvalue weighted by atomic mass is 10.0. The molecule has 1 fully saturated rings. The topological polar surface area (TPSA) is 92.5 Å². The summed E-state index contributed by atoms with van der Waals surface area (Å²) in [4.78, 5) is 26.9. The van der Waals surface area contributed by atoms with Gasteiger partial charge in [-0.15, -0.1) is 10.2 Å². The number of aromatic nitrogens is 2. The van der Waals surface area contributed by atoms with Gasteiger partial charge in [-0.3, -0.25) is 14.9 Å². The van der Waals surface area contributed by atoms with Gasteiger partial charge in [-0.05, 0) is 37.6 Å². The zero-order valence-corrected chi connectivity index (χ0v) is 18.5. The number of carbonyl (C=O) groups excluding carboxylic acids is 1. The highest BCUT2D eigenvalue weighted by molar-refractivity contribution is 6.34. The van der Waals surface area contributed by atoms with Gasteiger partial charge in [0, 0.05) is 43.9 Å². The molecule has 0 aliphatic carbocycles. The SMILES string of the molecule is Cc1ccc(-c2ccc(N3CCN(C(=O)c4ccc([N+](=O)[O-])cc4Cl)CC3)nn2)c(C)c1. The fourth-order valence-corrected chi connectivity index (χ4v) is 4.09. The van der Waals surface area contributed by atoms with Gasteiger partial charge in [0.25, 0.3) is 11.6 Å². The van der Waals surface area contributed by atoms with E-state index >= 15 is 0 Å². The van der Waals surface area contributed by atoms with Gasteiger partial charge in [-0.25, -0.2) is 0 Å². The van der Waals surface area contributed by atoms with Crippen LogP contribution in [0.15, 0.2) is 48.5 Å². The minimum Gasteiger partial charge on any atom is -0.352 e. The second-order valence-electron chi connectivity index (χ2n) is 7.80.